The highest BCUT2D eigenvalue weighted by Crippen LogP contribution is 2.22. The van der Waals surface area contributed by atoms with E-state index in [0.29, 0.717) is 24.9 Å². The quantitative estimate of drug-likeness (QED) is 0.726. The lowest BCUT2D eigenvalue weighted by atomic mass is 10.0. The van der Waals surface area contributed by atoms with Crippen LogP contribution in [-0.2, 0) is 10.2 Å². The Morgan fingerprint density at radius 1 is 1.50 bits per heavy atom. The van der Waals surface area contributed by atoms with Crippen LogP contribution in [0.25, 0.3) is 0 Å². The summed E-state index contributed by atoms with van der Waals surface area (Å²) < 4.78 is 27.4. The highest BCUT2D eigenvalue weighted by molar-refractivity contribution is 7.86. The van der Waals surface area contributed by atoms with Crippen LogP contribution in [0.15, 0.2) is 0 Å². The topological polar surface area (TPSA) is 40.6 Å². The van der Waals surface area contributed by atoms with Gasteiger partial charge in [0.05, 0.1) is 0 Å². The zero-order valence-corrected chi connectivity index (χ0v) is 11.8. The predicted octanol–water partition coefficient (Wildman–Crippen LogP) is 1.52. The van der Waals surface area contributed by atoms with Crippen molar-refractivity contribution in [2.24, 2.45) is 5.92 Å². The smallest absolute Gasteiger partial charge is 0.195 e. The maximum atomic E-state index is 12.2. The Kier molecular flexibility index (Phi) is 5.04. The molecule has 1 aliphatic heterocycles. The maximum absolute atomic E-state index is 12.2. The minimum absolute atomic E-state index is 0.0126. The number of piperidine rings is 1. The van der Waals surface area contributed by atoms with Gasteiger partial charge in [-0.2, -0.15) is 17.0 Å². The van der Waals surface area contributed by atoms with Gasteiger partial charge < -0.3 is 0 Å². The number of halogens is 1. The van der Waals surface area contributed by atoms with E-state index in [1.165, 1.54) is 4.31 Å². The first-order valence-corrected chi connectivity index (χ1v) is 7.61. The summed E-state index contributed by atoms with van der Waals surface area (Å²) in [5, 5.41) is 0. The van der Waals surface area contributed by atoms with Gasteiger partial charge in [-0.1, -0.05) is 0 Å². The van der Waals surface area contributed by atoms with Gasteiger partial charge in [-0.25, -0.2) is 0 Å². The largest absolute Gasteiger partial charge is 0.281 e. The number of alkyl halides is 1. The van der Waals surface area contributed by atoms with Crippen LogP contribution in [0.2, 0.25) is 0 Å². The molecule has 1 aliphatic rings. The van der Waals surface area contributed by atoms with E-state index < -0.39 is 10.2 Å². The van der Waals surface area contributed by atoms with Crippen LogP contribution < -0.4 is 0 Å². The van der Waals surface area contributed by atoms with Crippen LogP contribution >= 0.6 is 11.6 Å². The first-order valence-electron chi connectivity index (χ1n) is 5.68. The van der Waals surface area contributed by atoms with Crippen LogP contribution in [0.1, 0.15) is 26.7 Å². The molecule has 1 atom stereocenters. The Labute approximate surface area is 104 Å². The molecule has 0 radical (unpaired) electrons. The molecular weight excluding hydrogens is 248 g/mol. The summed E-state index contributed by atoms with van der Waals surface area (Å²) in [6, 6.07) is -0.0126. The van der Waals surface area contributed by atoms with Crippen molar-refractivity contribution in [3.05, 3.63) is 0 Å². The monoisotopic (exact) mass is 268 g/mol. The third-order valence-corrected chi connectivity index (χ3v) is 5.69. The van der Waals surface area contributed by atoms with Crippen molar-refractivity contribution in [2.45, 2.75) is 32.7 Å². The molecule has 6 heteroatoms. The van der Waals surface area contributed by atoms with Crippen molar-refractivity contribution in [2.75, 3.05) is 26.0 Å². The van der Waals surface area contributed by atoms with Crippen molar-refractivity contribution in [1.82, 2.24) is 8.61 Å². The fraction of sp³-hybridized carbons (Fsp3) is 1.00. The Bertz CT molecular complexity index is 319. The molecule has 0 bridgehead atoms. The van der Waals surface area contributed by atoms with Gasteiger partial charge in [0.25, 0.3) is 10.2 Å². The third-order valence-electron chi connectivity index (χ3n) is 3.12. The Morgan fingerprint density at radius 2 is 2.12 bits per heavy atom. The van der Waals surface area contributed by atoms with Crippen LogP contribution in [-0.4, -0.2) is 49.1 Å². The maximum Gasteiger partial charge on any atom is 0.281 e. The lowest BCUT2D eigenvalue weighted by molar-refractivity contribution is 0.259. The fourth-order valence-corrected chi connectivity index (χ4v) is 3.72. The Hall–Kier alpha value is 0.160. The standard InChI is InChI=1S/C10H21ClN2O2S/c1-9(2)12(3)16(14,15)13-6-4-5-10(7-11)8-13/h9-10H,4-8H2,1-3H3. The molecule has 16 heavy (non-hydrogen) atoms. The van der Waals surface area contributed by atoms with E-state index in [2.05, 4.69) is 0 Å². The molecule has 0 spiro atoms. The van der Waals surface area contributed by atoms with E-state index in [0.717, 1.165) is 12.8 Å². The number of hydrogen-bond acceptors (Lipinski definition) is 2. The van der Waals surface area contributed by atoms with Crippen molar-refractivity contribution in [3.63, 3.8) is 0 Å². The average molecular weight is 269 g/mol. The van der Waals surface area contributed by atoms with Crippen LogP contribution in [0.5, 0.6) is 0 Å². The van der Waals surface area contributed by atoms with Gasteiger partial charge in [0.2, 0.25) is 0 Å². The molecule has 0 aliphatic carbocycles. The normalized spacial score (nSPS) is 24.2. The average Bonchev–Trinajstić information content (AvgIpc) is 2.27. The van der Waals surface area contributed by atoms with Gasteiger partial charge in [-0.05, 0) is 32.6 Å². The Morgan fingerprint density at radius 3 is 2.62 bits per heavy atom. The summed E-state index contributed by atoms with van der Waals surface area (Å²) in [5.41, 5.74) is 0. The van der Waals surface area contributed by atoms with E-state index in [1.54, 1.807) is 11.4 Å². The summed E-state index contributed by atoms with van der Waals surface area (Å²) in [6.07, 6.45) is 1.93. The minimum Gasteiger partial charge on any atom is -0.195 e. The Balaban J connectivity index is 2.75. The van der Waals surface area contributed by atoms with Crippen molar-refractivity contribution >= 4 is 21.8 Å². The SMILES string of the molecule is CC(C)N(C)S(=O)(=O)N1CCCC(CCl)C1. The van der Waals surface area contributed by atoms with Crippen molar-refractivity contribution < 1.29 is 8.42 Å². The molecule has 0 aromatic heterocycles. The molecule has 96 valence electrons. The fourth-order valence-electron chi connectivity index (χ4n) is 1.81. The summed E-state index contributed by atoms with van der Waals surface area (Å²) in [4.78, 5) is 0. The number of rotatable bonds is 4. The summed E-state index contributed by atoms with van der Waals surface area (Å²) in [6.45, 7) is 4.93. The van der Waals surface area contributed by atoms with Gasteiger partial charge in [0.1, 0.15) is 0 Å². The molecule has 4 nitrogen and oxygen atoms in total. The molecule has 0 N–H and O–H groups in total. The summed E-state index contributed by atoms with van der Waals surface area (Å²) in [7, 11) is -1.67. The van der Waals surface area contributed by atoms with Crippen LogP contribution in [0.4, 0.5) is 0 Å². The zero-order valence-electron chi connectivity index (χ0n) is 10.2. The molecule has 1 rings (SSSR count). The molecule has 1 fully saturated rings. The third kappa shape index (κ3) is 3.09. The molecule has 1 heterocycles. The highest BCUT2D eigenvalue weighted by Gasteiger charge is 2.32. The van der Waals surface area contributed by atoms with E-state index in [-0.39, 0.29) is 6.04 Å². The number of nitrogens with zero attached hydrogens (tertiary/aromatic N) is 2. The van der Waals surface area contributed by atoms with Crippen LogP contribution in [0.3, 0.4) is 0 Å². The minimum atomic E-state index is -3.30. The van der Waals surface area contributed by atoms with Crippen molar-refractivity contribution in [3.8, 4) is 0 Å². The molecule has 0 aromatic rings. The lowest BCUT2D eigenvalue weighted by Crippen LogP contribution is -2.48. The van der Waals surface area contributed by atoms with E-state index in [1.807, 2.05) is 13.8 Å². The second-order valence-electron chi connectivity index (χ2n) is 4.64. The number of hydrogen-bond donors (Lipinski definition) is 0. The molecule has 1 unspecified atom stereocenters. The second-order valence-corrected chi connectivity index (χ2v) is 6.93. The van der Waals surface area contributed by atoms with E-state index in [4.69, 9.17) is 11.6 Å². The van der Waals surface area contributed by atoms with E-state index in [9.17, 15) is 8.42 Å². The predicted molar refractivity (Wildman–Crippen MR) is 66.8 cm³/mol. The molecule has 0 amide bonds. The molecular formula is C10H21ClN2O2S. The summed E-state index contributed by atoms with van der Waals surface area (Å²) in [5.74, 6) is 0.836. The van der Waals surface area contributed by atoms with Gasteiger partial charge in [0.15, 0.2) is 0 Å². The van der Waals surface area contributed by atoms with Gasteiger partial charge in [-0.15, -0.1) is 11.6 Å². The van der Waals surface area contributed by atoms with E-state index >= 15 is 0 Å². The van der Waals surface area contributed by atoms with Gasteiger partial charge in [0, 0.05) is 32.1 Å². The first kappa shape index (κ1) is 14.2. The summed E-state index contributed by atoms with van der Waals surface area (Å²) >= 11 is 5.80. The molecule has 0 aromatic carbocycles. The van der Waals surface area contributed by atoms with Crippen LogP contribution in [0, 0.1) is 5.92 Å². The van der Waals surface area contributed by atoms with Gasteiger partial charge >= 0.3 is 0 Å². The second kappa shape index (κ2) is 5.67. The molecule has 1 saturated heterocycles. The van der Waals surface area contributed by atoms with Gasteiger partial charge in [-0.3, -0.25) is 0 Å². The first-order chi connectivity index (χ1) is 7.39. The zero-order chi connectivity index (χ0) is 12.3. The molecule has 0 saturated carbocycles. The highest BCUT2D eigenvalue weighted by atomic mass is 35.5. The van der Waals surface area contributed by atoms with Crippen molar-refractivity contribution in [1.29, 1.82) is 0 Å². The lowest BCUT2D eigenvalue weighted by Gasteiger charge is -2.34.